The number of hydrogen-bond acceptors (Lipinski definition) is 4. The molecule has 2 aromatic heterocycles. The van der Waals surface area contributed by atoms with Gasteiger partial charge in [-0.1, -0.05) is 0 Å². The van der Waals surface area contributed by atoms with Gasteiger partial charge in [-0.25, -0.2) is 0 Å². The smallest absolute Gasteiger partial charge is 0.168 e. The van der Waals surface area contributed by atoms with Gasteiger partial charge in [0.15, 0.2) is 5.78 Å². The molecule has 80 valence electrons. The molecule has 0 radical (unpaired) electrons. The van der Waals surface area contributed by atoms with Gasteiger partial charge in [0, 0.05) is 30.4 Å². The predicted molar refractivity (Wildman–Crippen MR) is 59.0 cm³/mol. The second-order valence-corrected chi connectivity index (χ2v) is 3.49. The first kappa shape index (κ1) is 10.4. The van der Waals surface area contributed by atoms with E-state index in [0.717, 1.165) is 5.69 Å². The number of pyridine rings is 1. The molecule has 2 heterocycles. The number of carbonyl (C=O) groups excluding carboxylic acids is 1. The van der Waals surface area contributed by atoms with Crippen LogP contribution in [0, 0.1) is 6.92 Å². The van der Waals surface area contributed by atoms with Crippen LogP contribution in [-0.4, -0.2) is 20.7 Å². The molecule has 0 spiro atoms. The highest BCUT2D eigenvalue weighted by atomic mass is 16.1. The maximum Gasteiger partial charge on any atom is 0.168 e. The SMILES string of the molecule is Cc1cncc(CC(=O)c2ccncc2)n1. The minimum absolute atomic E-state index is 0.0299. The van der Waals surface area contributed by atoms with Crippen molar-refractivity contribution in [3.63, 3.8) is 0 Å². The van der Waals surface area contributed by atoms with Crippen molar-refractivity contribution >= 4 is 5.78 Å². The molecule has 0 unspecified atom stereocenters. The maximum atomic E-state index is 11.8. The molecule has 0 aromatic carbocycles. The van der Waals surface area contributed by atoms with Crippen LogP contribution < -0.4 is 0 Å². The van der Waals surface area contributed by atoms with Gasteiger partial charge < -0.3 is 0 Å². The molecule has 4 heteroatoms. The Morgan fingerprint density at radius 1 is 1.19 bits per heavy atom. The van der Waals surface area contributed by atoms with Gasteiger partial charge in [-0.2, -0.15) is 0 Å². The van der Waals surface area contributed by atoms with Crippen LogP contribution in [0.25, 0.3) is 0 Å². The minimum atomic E-state index is 0.0299. The van der Waals surface area contributed by atoms with E-state index in [9.17, 15) is 4.79 Å². The molecule has 0 atom stereocenters. The van der Waals surface area contributed by atoms with E-state index in [2.05, 4.69) is 15.0 Å². The Labute approximate surface area is 93.4 Å². The van der Waals surface area contributed by atoms with Crippen molar-refractivity contribution < 1.29 is 4.79 Å². The second-order valence-electron chi connectivity index (χ2n) is 3.49. The number of hydrogen-bond donors (Lipinski definition) is 0. The maximum absolute atomic E-state index is 11.8. The molecule has 0 N–H and O–H groups in total. The molecule has 0 saturated heterocycles. The summed E-state index contributed by atoms with van der Waals surface area (Å²) in [6.45, 7) is 1.85. The molecule has 0 aliphatic rings. The highest BCUT2D eigenvalue weighted by Gasteiger charge is 2.07. The van der Waals surface area contributed by atoms with Crippen molar-refractivity contribution in [2.45, 2.75) is 13.3 Å². The van der Waals surface area contributed by atoms with Crippen LogP contribution in [0.4, 0.5) is 0 Å². The van der Waals surface area contributed by atoms with Crippen molar-refractivity contribution in [1.82, 2.24) is 15.0 Å². The fourth-order valence-electron chi connectivity index (χ4n) is 1.40. The fraction of sp³-hybridized carbons (Fsp3) is 0.167. The zero-order chi connectivity index (χ0) is 11.4. The Hall–Kier alpha value is -2.10. The Morgan fingerprint density at radius 2 is 1.94 bits per heavy atom. The topological polar surface area (TPSA) is 55.7 Å². The first-order valence-corrected chi connectivity index (χ1v) is 4.96. The van der Waals surface area contributed by atoms with E-state index in [0.29, 0.717) is 11.3 Å². The molecule has 0 aliphatic heterocycles. The Bertz CT molecular complexity index is 497. The van der Waals surface area contributed by atoms with Gasteiger partial charge in [0.1, 0.15) is 0 Å². The van der Waals surface area contributed by atoms with Gasteiger partial charge in [0.2, 0.25) is 0 Å². The lowest BCUT2D eigenvalue weighted by Gasteiger charge is -2.00. The van der Waals surface area contributed by atoms with Crippen LogP contribution in [-0.2, 0) is 6.42 Å². The molecule has 16 heavy (non-hydrogen) atoms. The van der Waals surface area contributed by atoms with Crippen LogP contribution in [0.3, 0.4) is 0 Å². The molecule has 0 bridgehead atoms. The first-order valence-electron chi connectivity index (χ1n) is 4.96. The lowest BCUT2D eigenvalue weighted by molar-refractivity contribution is 0.0991. The second kappa shape index (κ2) is 4.61. The summed E-state index contributed by atoms with van der Waals surface area (Å²) in [5.74, 6) is 0.0299. The zero-order valence-electron chi connectivity index (χ0n) is 8.92. The standard InChI is InChI=1S/C12H11N3O/c1-9-7-14-8-11(15-9)6-12(16)10-2-4-13-5-3-10/h2-5,7-8H,6H2,1H3. The van der Waals surface area contributed by atoms with Crippen LogP contribution in [0.2, 0.25) is 0 Å². The van der Waals surface area contributed by atoms with Gasteiger partial charge in [-0.15, -0.1) is 0 Å². The Balaban J connectivity index is 2.14. The van der Waals surface area contributed by atoms with Crippen LogP contribution in [0.5, 0.6) is 0 Å². The van der Waals surface area contributed by atoms with E-state index in [1.807, 2.05) is 6.92 Å². The average Bonchev–Trinajstić information content (AvgIpc) is 2.30. The molecule has 0 amide bonds. The van der Waals surface area contributed by atoms with Gasteiger partial charge in [-0.05, 0) is 19.1 Å². The average molecular weight is 213 g/mol. The summed E-state index contributed by atoms with van der Waals surface area (Å²) in [5.41, 5.74) is 2.17. The summed E-state index contributed by atoms with van der Waals surface area (Å²) in [4.78, 5) is 23.9. The monoisotopic (exact) mass is 213 g/mol. The van der Waals surface area contributed by atoms with E-state index in [1.54, 1.807) is 36.9 Å². The number of Topliss-reactive ketones (excluding diaryl/α,β-unsaturated/α-hetero) is 1. The van der Waals surface area contributed by atoms with Gasteiger partial charge >= 0.3 is 0 Å². The summed E-state index contributed by atoms with van der Waals surface area (Å²) >= 11 is 0. The number of ketones is 1. The summed E-state index contributed by atoms with van der Waals surface area (Å²) < 4.78 is 0. The van der Waals surface area contributed by atoms with Crippen molar-refractivity contribution in [2.75, 3.05) is 0 Å². The molecule has 2 aromatic rings. The molecule has 0 saturated carbocycles. The highest BCUT2D eigenvalue weighted by molar-refractivity contribution is 5.97. The summed E-state index contributed by atoms with van der Waals surface area (Å²) in [6, 6.07) is 3.40. The lowest BCUT2D eigenvalue weighted by atomic mass is 10.1. The first-order chi connectivity index (χ1) is 7.75. The number of rotatable bonds is 3. The third kappa shape index (κ3) is 2.48. The van der Waals surface area contributed by atoms with Gasteiger partial charge in [0.25, 0.3) is 0 Å². The number of carbonyl (C=O) groups is 1. The highest BCUT2D eigenvalue weighted by Crippen LogP contribution is 2.04. The van der Waals surface area contributed by atoms with Crippen molar-refractivity contribution in [3.05, 3.63) is 53.9 Å². The number of nitrogens with zero attached hydrogens (tertiary/aromatic N) is 3. The van der Waals surface area contributed by atoms with E-state index in [4.69, 9.17) is 0 Å². The van der Waals surface area contributed by atoms with Crippen molar-refractivity contribution in [3.8, 4) is 0 Å². The largest absolute Gasteiger partial charge is 0.294 e. The molecule has 0 aliphatic carbocycles. The third-order valence-corrected chi connectivity index (χ3v) is 2.15. The summed E-state index contributed by atoms with van der Waals surface area (Å²) in [5, 5.41) is 0. The third-order valence-electron chi connectivity index (χ3n) is 2.15. The van der Waals surface area contributed by atoms with E-state index in [-0.39, 0.29) is 12.2 Å². The molecule has 4 nitrogen and oxygen atoms in total. The quantitative estimate of drug-likeness (QED) is 0.727. The molecule has 0 fully saturated rings. The normalized spacial score (nSPS) is 10.1. The van der Waals surface area contributed by atoms with Crippen LogP contribution in [0.1, 0.15) is 21.7 Å². The van der Waals surface area contributed by atoms with E-state index >= 15 is 0 Å². The van der Waals surface area contributed by atoms with E-state index < -0.39 is 0 Å². The zero-order valence-corrected chi connectivity index (χ0v) is 8.92. The van der Waals surface area contributed by atoms with Gasteiger partial charge in [0.05, 0.1) is 17.8 Å². The van der Waals surface area contributed by atoms with Gasteiger partial charge in [-0.3, -0.25) is 19.7 Å². The predicted octanol–water partition coefficient (Wildman–Crippen LogP) is 1.61. The number of aromatic nitrogens is 3. The van der Waals surface area contributed by atoms with Crippen LogP contribution in [0.15, 0.2) is 36.9 Å². The molecular formula is C12H11N3O. The number of aryl methyl sites for hydroxylation is 1. The fourth-order valence-corrected chi connectivity index (χ4v) is 1.40. The summed E-state index contributed by atoms with van der Waals surface area (Å²) in [6.07, 6.45) is 6.77. The Morgan fingerprint density at radius 3 is 2.62 bits per heavy atom. The van der Waals surface area contributed by atoms with Crippen molar-refractivity contribution in [2.24, 2.45) is 0 Å². The molecule has 2 rings (SSSR count). The van der Waals surface area contributed by atoms with Crippen LogP contribution >= 0.6 is 0 Å². The van der Waals surface area contributed by atoms with Crippen molar-refractivity contribution in [1.29, 1.82) is 0 Å². The minimum Gasteiger partial charge on any atom is -0.294 e. The Kier molecular flexibility index (Phi) is 3.00. The molecular weight excluding hydrogens is 202 g/mol. The van der Waals surface area contributed by atoms with E-state index in [1.165, 1.54) is 0 Å². The summed E-state index contributed by atoms with van der Waals surface area (Å²) in [7, 11) is 0. The lowest BCUT2D eigenvalue weighted by Crippen LogP contribution is -2.06.